The van der Waals surface area contributed by atoms with Crippen LogP contribution in [0.5, 0.6) is 0 Å². The van der Waals surface area contributed by atoms with Crippen molar-refractivity contribution in [2.24, 2.45) is 0 Å². The molecule has 1 aromatic rings. The van der Waals surface area contributed by atoms with Crippen LogP contribution in [0.1, 0.15) is 11.6 Å². The smallest absolute Gasteiger partial charge is 0.148 e. The minimum atomic E-state index is -0.338. The number of halogens is 3. The number of likely N-dealkylation sites (N-methyl/N-ethyl adjacent to an activating group) is 1. The number of aromatic nitrogens is 1. The normalized spacial score (nSPS) is 12.9. The molecule has 0 aliphatic heterocycles. The molecule has 0 amide bonds. The molecule has 0 aromatic carbocycles. The summed E-state index contributed by atoms with van der Waals surface area (Å²) in [6.45, 7) is -0.115. The monoisotopic (exact) mass is 254 g/mol. The van der Waals surface area contributed by atoms with Gasteiger partial charge in [0.15, 0.2) is 0 Å². The molecule has 0 aliphatic rings. The molecule has 1 heterocycles. The van der Waals surface area contributed by atoms with Crippen molar-refractivity contribution in [1.82, 2.24) is 10.3 Å². The minimum Gasteiger partial charge on any atom is -0.394 e. The summed E-state index contributed by atoms with van der Waals surface area (Å²) in [4.78, 5) is 3.78. The van der Waals surface area contributed by atoms with E-state index in [4.69, 9.17) is 39.9 Å². The quantitative estimate of drug-likeness (QED) is 0.815. The van der Waals surface area contributed by atoms with Crippen LogP contribution in [-0.4, -0.2) is 23.7 Å². The Hall–Kier alpha value is -0.0600. The van der Waals surface area contributed by atoms with Gasteiger partial charge >= 0.3 is 0 Å². The molecule has 1 atom stereocenters. The van der Waals surface area contributed by atoms with Crippen LogP contribution in [0.25, 0.3) is 0 Å². The van der Waals surface area contributed by atoms with Gasteiger partial charge in [-0.15, -0.1) is 0 Å². The molecule has 0 spiro atoms. The van der Waals surface area contributed by atoms with Crippen LogP contribution in [-0.2, 0) is 0 Å². The molecule has 2 N–H and O–H groups in total. The minimum absolute atomic E-state index is 0.115. The van der Waals surface area contributed by atoms with E-state index in [1.165, 1.54) is 6.20 Å². The van der Waals surface area contributed by atoms with Crippen molar-refractivity contribution in [3.8, 4) is 0 Å². The zero-order chi connectivity index (χ0) is 10.7. The number of nitrogens with zero attached hydrogens (tertiary/aromatic N) is 1. The summed E-state index contributed by atoms with van der Waals surface area (Å²) in [7, 11) is 1.70. The van der Waals surface area contributed by atoms with Crippen LogP contribution >= 0.6 is 34.8 Å². The van der Waals surface area contributed by atoms with E-state index in [9.17, 15) is 0 Å². The van der Waals surface area contributed by atoms with E-state index in [0.717, 1.165) is 0 Å². The predicted octanol–water partition coefficient (Wildman–Crippen LogP) is 2.29. The van der Waals surface area contributed by atoms with E-state index in [1.807, 2.05) is 0 Å². The van der Waals surface area contributed by atoms with Gasteiger partial charge in [-0.3, -0.25) is 0 Å². The molecule has 0 radical (unpaired) electrons. The lowest BCUT2D eigenvalue weighted by molar-refractivity contribution is 0.251. The second-order valence-corrected chi connectivity index (χ2v) is 3.79. The van der Waals surface area contributed by atoms with E-state index < -0.39 is 0 Å². The van der Waals surface area contributed by atoms with Gasteiger partial charge in [-0.1, -0.05) is 34.8 Å². The summed E-state index contributed by atoms with van der Waals surface area (Å²) in [6, 6.07) is -0.338. The highest BCUT2D eigenvalue weighted by molar-refractivity contribution is 6.43. The third kappa shape index (κ3) is 2.30. The standard InChI is InChI=1S/C8H9Cl3N2O/c1-12-5(3-14)6-4(9)2-13-8(11)7(6)10/h2,5,12,14H,3H2,1H3/t5-/m1/s1. The van der Waals surface area contributed by atoms with Crippen molar-refractivity contribution < 1.29 is 5.11 Å². The van der Waals surface area contributed by atoms with Crippen molar-refractivity contribution in [3.63, 3.8) is 0 Å². The van der Waals surface area contributed by atoms with Crippen molar-refractivity contribution in [1.29, 1.82) is 0 Å². The molecule has 6 heteroatoms. The van der Waals surface area contributed by atoms with Gasteiger partial charge in [0.25, 0.3) is 0 Å². The number of aliphatic hydroxyl groups is 1. The highest BCUT2D eigenvalue weighted by atomic mass is 35.5. The lowest BCUT2D eigenvalue weighted by Gasteiger charge is -2.16. The number of pyridine rings is 1. The fraction of sp³-hybridized carbons (Fsp3) is 0.375. The lowest BCUT2D eigenvalue weighted by atomic mass is 10.1. The van der Waals surface area contributed by atoms with Crippen LogP contribution in [0.4, 0.5) is 0 Å². The van der Waals surface area contributed by atoms with Crippen LogP contribution in [0.15, 0.2) is 6.20 Å². The second-order valence-electron chi connectivity index (χ2n) is 2.65. The molecule has 0 bridgehead atoms. The summed E-state index contributed by atoms with van der Waals surface area (Å²) in [5.41, 5.74) is 0.568. The summed E-state index contributed by atoms with van der Waals surface area (Å²) >= 11 is 17.6. The third-order valence-corrected chi connectivity index (χ3v) is 2.91. The van der Waals surface area contributed by atoms with Crippen LogP contribution in [0.2, 0.25) is 15.2 Å². The molecule has 0 saturated heterocycles. The van der Waals surface area contributed by atoms with E-state index in [-0.39, 0.29) is 22.8 Å². The summed E-state index contributed by atoms with van der Waals surface area (Å²) < 4.78 is 0. The number of rotatable bonds is 3. The maximum atomic E-state index is 9.08. The number of hydrogen-bond acceptors (Lipinski definition) is 3. The topological polar surface area (TPSA) is 45.1 Å². The summed E-state index contributed by atoms with van der Waals surface area (Å²) in [5, 5.41) is 12.8. The molecule has 1 aromatic heterocycles. The van der Waals surface area contributed by atoms with Crippen LogP contribution in [0, 0.1) is 0 Å². The number of hydrogen-bond donors (Lipinski definition) is 2. The Balaban J connectivity index is 3.23. The Morgan fingerprint density at radius 1 is 1.50 bits per heavy atom. The first kappa shape index (κ1) is 12.0. The van der Waals surface area contributed by atoms with E-state index >= 15 is 0 Å². The van der Waals surface area contributed by atoms with E-state index in [0.29, 0.717) is 10.6 Å². The first-order valence-electron chi connectivity index (χ1n) is 3.89. The highest BCUT2D eigenvalue weighted by Gasteiger charge is 2.18. The molecule has 78 valence electrons. The van der Waals surface area contributed by atoms with Crippen LogP contribution in [0.3, 0.4) is 0 Å². The first-order valence-corrected chi connectivity index (χ1v) is 5.02. The molecule has 14 heavy (non-hydrogen) atoms. The van der Waals surface area contributed by atoms with Gasteiger partial charge < -0.3 is 10.4 Å². The van der Waals surface area contributed by atoms with Crippen LogP contribution < -0.4 is 5.32 Å². The van der Waals surface area contributed by atoms with Gasteiger partial charge in [0.1, 0.15) is 5.15 Å². The Bertz CT molecular complexity index is 329. The van der Waals surface area contributed by atoms with Crippen molar-refractivity contribution in [2.75, 3.05) is 13.7 Å². The fourth-order valence-electron chi connectivity index (χ4n) is 1.10. The zero-order valence-electron chi connectivity index (χ0n) is 7.39. The Morgan fingerprint density at radius 2 is 2.14 bits per heavy atom. The molecule has 3 nitrogen and oxygen atoms in total. The molecule has 0 saturated carbocycles. The van der Waals surface area contributed by atoms with Crippen molar-refractivity contribution >= 4 is 34.8 Å². The maximum Gasteiger partial charge on any atom is 0.148 e. The third-order valence-electron chi connectivity index (χ3n) is 1.85. The number of nitrogens with one attached hydrogen (secondary N) is 1. The van der Waals surface area contributed by atoms with Crippen molar-refractivity contribution in [2.45, 2.75) is 6.04 Å². The van der Waals surface area contributed by atoms with Gasteiger partial charge in [0.05, 0.1) is 22.7 Å². The Labute approximate surface area is 97.0 Å². The highest BCUT2D eigenvalue weighted by Crippen LogP contribution is 2.33. The van der Waals surface area contributed by atoms with Gasteiger partial charge in [-0.25, -0.2) is 4.98 Å². The zero-order valence-corrected chi connectivity index (χ0v) is 9.66. The molecular weight excluding hydrogens is 246 g/mol. The lowest BCUT2D eigenvalue weighted by Crippen LogP contribution is -2.21. The van der Waals surface area contributed by atoms with Gasteiger partial charge in [-0.2, -0.15) is 0 Å². The molecule has 0 aliphatic carbocycles. The van der Waals surface area contributed by atoms with E-state index in [1.54, 1.807) is 7.05 Å². The van der Waals surface area contributed by atoms with E-state index in [2.05, 4.69) is 10.3 Å². The van der Waals surface area contributed by atoms with Crippen molar-refractivity contribution in [3.05, 3.63) is 27.0 Å². The molecule has 1 rings (SSSR count). The second kappa shape index (κ2) is 5.14. The summed E-state index contributed by atoms with van der Waals surface area (Å²) in [6.07, 6.45) is 1.41. The summed E-state index contributed by atoms with van der Waals surface area (Å²) in [5.74, 6) is 0. The SMILES string of the molecule is CN[C@H](CO)c1c(Cl)cnc(Cl)c1Cl. The molecule has 0 fully saturated rings. The van der Waals surface area contributed by atoms with Gasteiger partial charge in [0, 0.05) is 11.8 Å². The predicted molar refractivity (Wildman–Crippen MR) is 58.2 cm³/mol. The average molecular weight is 256 g/mol. The molecule has 0 unspecified atom stereocenters. The van der Waals surface area contributed by atoms with Gasteiger partial charge in [0.2, 0.25) is 0 Å². The largest absolute Gasteiger partial charge is 0.394 e. The van der Waals surface area contributed by atoms with Gasteiger partial charge in [-0.05, 0) is 7.05 Å². The first-order chi connectivity index (χ1) is 6.61. The fourth-order valence-corrected chi connectivity index (χ4v) is 1.86. The Morgan fingerprint density at radius 3 is 2.64 bits per heavy atom. The molecular formula is C8H9Cl3N2O. The number of aliphatic hydroxyl groups excluding tert-OH is 1. The Kier molecular flexibility index (Phi) is 4.41. The maximum absolute atomic E-state index is 9.08. The average Bonchev–Trinajstić information content (AvgIpc) is 2.19.